The van der Waals surface area contributed by atoms with Gasteiger partial charge in [-0.15, -0.1) is 0 Å². The van der Waals surface area contributed by atoms with Crippen LogP contribution in [0.4, 0.5) is 5.13 Å². The number of halogens is 1. The molecule has 2 unspecified atom stereocenters. The summed E-state index contributed by atoms with van der Waals surface area (Å²) in [6.07, 6.45) is 3.87. The van der Waals surface area contributed by atoms with Crippen molar-refractivity contribution in [3.63, 3.8) is 0 Å². The third kappa shape index (κ3) is 3.14. The van der Waals surface area contributed by atoms with Gasteiger partial charge in [0, 0.05) is 6.54 Å². The van der Waals surface area contributed by atoms with E-state index in [1.807, 2.05) is 6.07 Å². The van der Waals surface area contributed by atoms with Crippen LogP contribution >= 0.6 is 22.9 Å². The van der Waals surface area contributed by atoms with Gasteiger partial charge < -0.3 is 10.4 Å². The standard InChI is InChI=1S/C12H16ClN3OS/c1-8-3-2-4-12(17,5-8)7-15-11-16-10(13)9(6-14)18-11/h8,17H,2-5,7H2,1H3,(H,15,16). The Morgan fingerprint density at radius 1 is 1.72 bits per heavy atom. The van der Waals surface area contributed by atoms with Gasteiger partial charge in [-0.2, -0.15) is 5.26 Å². The second-order valence-electron chi connectivity index (χ2n) is 5.03. The van der Waals surface area contributed by atoms with E-state index in [4.69, 9.17) is 16.9 Å². The summed E-state index contributed by atoms with van der Waals surface area (Å²) in [4.78, 5) is 4.46. The van der Waals surface area contributed by atoms with Crippen molar-refractivity contribution in [2.45, 2.75) is 38.2 Å². The summed E-state index contributed by atoms with van der Waals surface area (Å²) in [5.41, 5.74) is -0.664. The van der Waals surface area contributed by atoms with Crippen molar-refractivity contribution in [3.8, 4) is 6.07 Å². The zero-order valence-corrected chi connectivity index (χ0v) is 11.8. The lowest BCUT2D eigenvalue weighted by Crippen LogP contribution is -2.41. The van der Waals surface area contributed by atoms with Gasteiger partial charge in [0.05, 0.1) is 5.60 Å². The fourth-order valence-corrected chi connectivity index (χ4v) is 3.42. The highest BCUT2D eigenvalue weighted by molar-refractivity contribution is 7.16. The third-order valence-electron chi connectivity index (χ3n) is 3.32. The van der Waals surface area contributed by atoms with E-state index in [1.165, 1.54) is 17.8 Å². The van der Waals surface area contributed by atoms with Gasteiger partial charge >= 0.3 is 0 Å². The average molecular weight is 286 g/mol. The molecule has 1 fully saturated rings. The van der Waals surface area contributed by atoms with Gasteiger partial charge in [-0.05, 0) is 18.8 Å². The molecule has 6 heteroatoms. The summed E-state index contributed by atoms with van der Waals surface area (Å²) in [6, 6.07) is 1.99. The summed E-state index contributed by atoms with van der Waals surface area (Å²) in [6.45, 7) is 2.63. The maximum Gasteiger partial charge on any atom is 0.185 e. The molecule has 0 bridgehead atoms. The Morgan fingerprint density at radius 2 is 2.50 bits per heavy atom. The Bertz CT molecular complexity index is 470. The van der Waals surface area contributed by atoms with E-state index in [9.17, 15) is 5.11 Å². The fraction of sp³-hybridized carbons (Fsp3) is 0.667. The first-order valence-electron chi connectivity index (χ1n) is 6.05. The molecule has 1 aromatic heterocycles. The molecule has 18 heavy (non-hydrogen) atoms. The molecule has 0 saturated heterocycles. The van der Waals surface area contributed by atoms with Crippen LogP contribution in [0.3, 0.4) is 0 Å². The number of thiazole rings is 1. The molecule has 98 valence electrons. The molecule has 0 amide bonds. The lowest BCUT2D eigenvalue weighted by Gasteiger charge is -2.35. The Labute approximate surface area is 116 Å². The topological polar surface area (TPSA) is 68.9 Å². The summed E-state index contributed by atoms with van der Waals surface area (Å²) >= 11 is 7.02. The van der Waals surface area contributed by atoms with E-state index < -0.39 is 5.60 Å². The number of nitriles is 1. The predicted molar refractivity (Wildman–Crippen MR) is 72.9 cm³/mol. The first-order valence-corrected chi connectivity index (χ1v) is 7.24. The molecule has 1 heterocycles. The molecule has 0 aromatic carbocycles. The number of nitrogens with one attached hydrogen (secondary N) is 1. The van der Waals surface area contributed by atoms with Crippen molar-refractivity contribution in [1.82, 2.24) is 4.98 Å². The molecule has 4 nitrogen and oxygen atoms in total. The van der Waals surface area contributed by atoms with Crippen molar-refractivity contribution >= 4 is 28.1 Å². The van der Waals surface area contributed by atoms with Crippen LogP contribution in [0.5, 0.6) is 0 Å². The van der Waals surface area contributed by atoms with Crippen LogP contribution in [0.1, 0.15) is 37.5 Å². The van der Waals surface area contributed by atoms with Gasteiger partial charge in [0.25, 0.3) is 0 Å². The molecular weight excluding hydrogens is 270 g/mol. The lowest BCUT2D eigenvalue weighted by atomic mass is 9.79. The van der Waals surface area contributed by atoms with Crippen LogP contribution in [-0.4, -0.2) is 22.2 Å². The van der Waals surface area contributed by atoms with E-state index in [2.05, 4.69) is 17.2 Å². The van der Waals surface area contributed by atoms with Crippen LogP contribution in [0.2, 0.25) is 5.15 Å². The summed E-state index contributed by atoms with van der Waals surface area (Å²) in [7, 11) is 0. The second kappa shape index (κ2) is 5.43. The van der Waals surface area contributed by atoms with E-state index in [-0.39, 0.29) is 5.15 Å². The van der Waals surface area contributed by atoms with Crippen LogP contribution in [0.25, 0.3) is 0 Å². The van der Waals surface area contributed by atoms with Crippen molar-refractivity contribution in [1.29, 1.82) is 5.26 Å². The van der Waals surface area contributed by atoms with Crippen LogP contribution in [0.15, 0.2) is 0 Å². The maximum absolute atomic E-state index is 10.5. The second-order valence-corrected chi connectivity index (χ2v) is 6.39. The maximum atomic E-state index is 10.5. The normalized spacial score (nSPS) is 27.8. The highest BCUT2D eigenvalue weighted by Gasteiger charge is 2.32. The third-order valence-corrected chi connectivity index (χ3v) is 4.63. The molecule has 2 rings (SSSR count). The number of hydrogen-bond donors (Lipinski definition) is 2. The quantitative estimate of drug-likeness (QED) is 0.896. The Hall–Kier alpha value is -0.830. The zero-order valence-electron chi connectivity index (χ0n) is 10.2. The lowest BCUT2D eigenvalue weighted by molar-refractivity contribution is -0.000764. The Morgan fingerprint density at radius 3 is 3.11 bits per heavy atom. The molecule has 2 atom stereocenters. The van der Waals surface area contributed by atoms with Gasteiger partial charge in [0.15, 0.2) is 10.3 Å². The molecule has 2 N–H and O–H groups in total. The summed E-state index contributed by atoms with van der Waals surface area (Å²) < 4.78 is 0. The van der Waals surface area contributed by atoms with Gasteiger partial charge in [0.2, 0.25) is 0 Å². The molecule has 1 aromatic rings. The van der Waals surface area contributed by atoms with Crippen LogP contribution in [-0.2, 0) is 0 Å². The number of rotatable bonds is 3. The minimum Gasteiger partial charge on any atom is -0.388 e. The SMILES string of the molecule is CC1CCCC(O)(CNc2nc(Cl)c(C#N)s2)C1. The molecular formula is C12H16ClN3OS. The predicted octanol–water partition coefficient (Wildman–Crippen LogP) is 3.02. The average Bonchev–Trinajstić information content (AvgIpc) is 2.67. The van der Waals surface area contributed by atoms with Crippen molar-refractivity contribution in [2.24, 2.45) is 5.92 Å². The number of aliphatic hydroxyl groups is 1. The van der Waals surface area contributed by atoms with Gasteiger partial charge in [-0.1, -0.05) is 42.7 Å². The highest BCUT2D eigenvalue weighted by Crippen LogP contribution is 2.33. The number of aromatic nitrogens is 1. The molecule has 1 saturated carbocycles. The zero-order chi connectivity index (χ0) is 13.2. The van der Waals surface area contributed by atoms with Gasteiger partial charge in [-0.25, -0.2) is 4.98 Å². The smallest absolute Gasteiger partial charge is 0.185 e. The van der Waals surface area contributed by atoms with E-state index in [1.54, 1.807) is 0 Å². The van der Waals surface area contributed by atoms with E-state index in [0.717, 1.165) is 19.3 Å². The van der Waals surface area contributed by atoms with Crippen molar-refractivity contribution in [3.05, 3.63) is 10.0 Å². The number of nitrogens with zero attached hydrogens (tertiary/aromatic N) is 2. The molecule has 1 aliphatic carbocycles. The number of hydrogen-bond acceptors (Lipinski definition) is 5. The molecule has 0 aliphatic heterocycles. The monoisotopic (exact) mass is 285 g/mol. The minimum atomic E-state index is -0.664. The Balaban J connectivity index is 1.96. The van der Waals surface area contributed by atoms with Crippen molar-refractivity contribution in [2.75, 3.05) is 11.9 Å². The Kier molecular flexibility index (Phi) is 4.10. The first kappa shape index (κ1) is 13.6. The summed E-state index contributed by atoms with van der Waals surface area (Å²) in [5.74, 6) is 0.556. The number of anilines is 1. The highest BCUT2D eigenvalue weighted by atomic mass is 35.5. The van der Waals surface area contributed by atoms with Crippen molar-refractivity contribution < 1.29 is 5.11 Å². The largest absolute Gasteiger partial charge is 0.388 e. The van der Waals surface area contributed by atoms with Gasteiger partial charge in [0.1, 0.15) is 10.9 Å². The van der Waals surface area contributed by atoms with Crippen LogP contribution < -0.4 is 5.32 Å². The molecule has 0 radical (unpaired) electrons. The van der Waals surface area contributed by atoms with E-state index in [0.29, 0.717) is 22.5 Å². The molecule has 0 spiro atoms. The fourth-order valence-electron chi connectivity index (χ4n) is 2.48. The van der Waals surface area contributed by atoms with Crippen LogP contribution in [0, 0.1) is 17.2 Å². The molecule has 1 aliphatic rings. The summed E-state index contributed by atoms with van der Waals surface area (Å²) in [5, 5.41) is 23.2. The minimum absolute atomic E-state index is 0.231. The van der Waals surface area contributed by atoms with E-state index >= 15 is 0 Å². The van der Waals surface area contributed by atoms with Gasteiger partial charge in [-0.3, -0.25) is 0 Å². The first-order chi connectivity index (χ1) is 8.52.